The van der Waals surface area contributed by atoms with Gasteiger partial charge in [-0.2, -0.15) is 0 Å². The zero-order valence-corrected chi connectivity index (χ0v) is 16.2. The topological polar surface area (TPSA) is 76.3 Å². The van der Waals surface area contributed by atoms with Gasteiger partial charge in [0.15, 0.2) is 5.82 Å². The number of nitrogens with zero attached hydrogens (tertiary/aromatic N) is 3. The van der Waals surface area contributed by atoms with Gasteiger partial charge in [-0.25, -0.2) is 9.97 Å². The van der Waals surface area contributed by atoms with Crippen LogP contribution in [0.1, 0.15) is 41.9 Å². The molecule has 0 amide bonds. The van der Waals surface area contributed by atoms with Gasteiger partial charge in [-0.15, -0.1) is 12.4 Å². The van der Waals surface area contributed by atoms with Gasteiger partial charge in [0.1, 0.15) is 11.3 Å². The van der Waals surface area contributed by atoms with E-state index < -0.39 is 0 Å². The van der Waals surface area contributed by atoms with E-state index in [2.05, 4.69) is 47.1 Å². The second kappa shape index (κ2) is 8.52. The van der Waals surface area contributed by atoms with E-state index >= 15 is 0 Å². The van der Waals surface area contributed by atoms with Crippen LogP contribution in [0.4, 0.5) is 5.82 Å². The molecule has 3 heterocycles. The highest BCUT2D eigenvalue weighted by molar-refractivity contribution is 5.90. The molecule has 0 saturated carbocycles. The van der Waals surface area contributed by atoms with E-state index in [1.807, 2.05) is 6.92 Å². The van der Waals surface area contributed by atoms with Gasteiger partial charge >= 0.3 is 0 Å². The number of piperidine rings is 1. The molecule has 6 heteroatoms. The molecule has 1 aliphatic rings. The van der Waals surface area contributed by atoms with Gasteiger partial charge in [0.25, 0.3) is 0 Å². The molecule has 1 saturated heterocycles. The molecule has 26 heavy (non-hydrogen) atoms. The zero-order chi connectivity index (χ0) is 16.5. The predicted octanol–water partition coefficient (Wildman–Crippen LogP) is 3.75. The number of H-pyrrole nitrogens is 1. The predicted molar refractivity (Wildman–Crippen MR) is 110 cm³/mol. The Bertz CT molecular complexity index is 857. The summed E-state index contributed by atoms with van der Waals surface area (Å²) in [6, 6.07) is 10.6. The van der Waals surface area contributed by atoms with E-state index in [1.54, 1.807) is 0 Å². The van der Waals surface area contributed by atoms with Gasteiger partial charge < -0.3 is 15.4 Å². The summed E-state index contributed by atoms with van der Waals surface area (Å²) in [6.45, 7) is 6.34. The molecule has 2 aromatic heterocycles. The van der Waals surface area contributed by atoms with Gasteiger partial charge in [-0.1, -0.05) is 30.3 Å². The number of halogens is 1. The zero-order valence-electron chi connectivity index (χ0n) is 15.4. The Labute approximate surface area is 160 Å². The fourth-order valence-corrected chi connectivity index (χ4v) is 3.68. The van der Waals surface area contributed by atoms with Gasteiger partial charge in [0, 0.05) is 30.8 Å². The maximum absolute atomic E-state index is 4.78. The van der Waals surface area contributed by atoms with Gasteiger partial charge in [0.2, 0.25) is 0 Å². The number of rotatable bonds is 3. The van der Waals surface area contributed by atoms with E-state index in [-0.39, 0.29) is 17.9 Å². The number of anilines is 1. The summed E-state index contributed by atoms with van der Waals surface area (Å²) in [5.41, 5.74) is 6.00. The average Bonchev–Trinajstić information content (AvgIpc) is 2.92. The third-order valence-electron chi connectivity index (χ3n) is 4.93. The lowest BCUT2D eigenvalue weighted by Gasteiger charge is -2.28. The molecule has 0 bridgehead atoms. The first-order valence-electron chi connectivity index (χ1n) is 8.87. The van der Waals surface area contributed by atoms with Crippen molar-refractivity contribution in [2.45, 2.75) is 39.5 Å². The van der Waals surface area contributed by atoms with Crippen LogP contribution >= 0.6 is 12.4 Å². The van der Waals surface area contributed by atoms with Crippen LogP contribution in [0, 0.1) is 13.8 Å². The van der Waals surface area contributed by atoms with Crippen LogP contribution in [0.15, 0.2) is 30.3 Å². The van der Waals surface area contributed by atoms with Crippen molar-refractivity contribution in [1.29, 1.82) is 0 Å². The smallest absolute Gasteiger partial charge is 0.156 e. The summed E-state index contributed by atoms with van der Waals surface area (Å²) >= 11 is 0. The maximum atomic E-state index is 4.78. The van der Waals surface area contributed by atoms with Crippen molar-refractivity contribution in [2.24, 2.45) is 0 Å². The molecule has 0 aliphatic carbocycles. The van der Waals surface area contributed by atoms with Crippen molar-refractivity contribution in [3.8, 4) is 0 Å². The second-order valence-corrected chi connectivity index (χ2v) is 6.76. The fraction of sp³-hybridized carbons (Fsp3) is 0.400. The summed E-state index contributed by atoms with van der Waals surface area (Å²) in [4.78, 5) is 15.5. The van der Waals surface area contributed by atoms with Gasteiger partial charge in [-0.05, 0) is 38.7 Å². The molecule has 4 rings (SSSR count). The Morgan fingerprint density at radius 1 is 1.00 bits per heavy atom. The van der Waals surface area contributed by atoms with Crippen molar-refractivity contribution >= 4 is 29.3 Å². The van der Waals surface area contributed by atoms with Crippen molar-refractivity contribution in [3.05, 3.63) is 53.0 Å². The lowest BCUT2D eigenvalue weighted by molar-refractivity contribution is 0.574. The lowest BCUT2D eigenvalue weighted by atomic mass is 10.0. The Morgan fingerprint density at radius 2 is 1.69 bits per heavy atom. The number of aromatic nitrogens is 3. The minimum Gasteiger partial charge on any atom is -0.412 e. The summed E-state index contributed by atoms with van der Waals surface area (Å²) in [7, 11) is 0. The number of aromatic amines is 1. The third-order valence-corrected chi connectivity index (χ3v) is 4.93. The van der Waals surface area contributed by atoms with Crippen molar-refractivity contribution in [3.63, 3.8) is 0 Å². The first-order valence-corrected chi connectivity index (χ1v) is 8.87. The summed E-state index contributed by atoms with van der Waals surface area (Å²) in [5.74, 6) is 1.94. The van der Waals surface area contributed by atoms with Crippen molar-refractivity contribution < 1.29 is 5.48 Å². The maximum Gasteiger partial charge on any atom is 0.156 e. The third kappa shape index (κ3) is 3.84. The van der Waals surface area contributed by atoms with E-state index in [0.29, 0.717) is 0 Å². The van der Waals surface area contributed by atoms with E-state index in [4.69, 9.17) is 9.97 Å². The molecule has 0 radical (unpaired) electrons. The average molecular weight is 375 g/mol. The molecular formula is C20H27ClN4O. The standard InChI is InChI=1S/C20H24N4.ClH.H2O/c1-14-17(13-16-9-5-3-6-10-16)18-19(21-14)20(23-15(2)22-18)24-11-7-4-8-12-24;;/h3,5-6,9-10,21H,4,7-8,11-13H2,1-2H3;1H;1H2. The Kier molecular flexibility index (Phi) is 6.62. The number of aryl methyl sites for hydroxylation is 2. The number of benzene rings is 1. The minimum absolute atomic E-state index is 0. The van der Waals surface area contributed by atoms with Crippen LogP contribution in [0.2, 0.25) is 0 Å². The first kappa shape index (κ1) is 20.2. The normalized spacial score (nSPS) is 14.0. The monoisotopic (exact) mass is 374 g/mol. The van der Waals surface area contributed by atoms with E-state index in [0.717, 1.165) is 42.2 Å². The van der Waals surface area contributed by atoms with Crippen LogP contribution in [0.3, 0.4) is 0 Å². The highest BCUT2D eigenvalue weighted by Gasteiger charge is 2.20. The van der Waals surface area contributed by atoms with Gasteiger partial charge in [0.05, 0.1) is 5.52 Å². The highest BCUT2D eigenvalue weighted by atomic mass is 35.5. The molecule has 0 spiro atoms. The summed E-state index contributed by atoms with van der Waals surface area (Å²) in [6.07, 6.45) is 4.73. The minimum atomic E-state index is 0. The van der Waals surface area contributed by atoms with Crippen molar-refractivity contribution in [2.75, 3.05) is 18.0 Å². The lowest BCUT2D eigenvalue weighted by Crippen LogP contribution is -2.30. The van der Waals surface area contributed by atoms with Crippen LogP contribution in [0.25, 0.3) is 11.0 Å². The number of hydrogen-bond donors (Lipinski definition) is 1. The highest BCUT2D eigenvalue weighted by Crippen LogP contribution is 2.30. The summed E-state index contributed by atoms with van der Waals surface area (Å²) < 4.78 is 0. The number of fused-ring (bicyclic) bond motifs is 1. The van der Waals surface area contributed by atoms with Crippen LogP contribution in [-0.2, 0) is 6.42 Å². The molecule has 0 unspecified atom stereocenters. The van der Waals surface area contributed by atoms with Crippen LogP contribution in [0.5, 0.6) is 0 Å². The van der Waals surface area contributed by atoms with Crippen LogP contribution in [-0.4, -0.2) is 33.5 Å². The molecule has 3 N–H and O–H groups in total. The fourth-order valence-electron chi connectivity index (χ4n) is 3.68. The van der Waals surface area contributed by atoms with E-state index in [9.17, 15) is 0 Å². The molecular weight excluding hydrogens is 348 g/mol. The molecule has 1 aliphatic heterocycles. The number of nitrogens with one attached hydrogen (secondary N) is 1. The molecule has 1 fully saturated rings. The second-order valence-electron chi connectivity index (χ2n) is 6.76. The first-order chi connectivity index (χ1) is 11.7. The molecule has 5 nitrogen and oxygen atoms in total. The Hall–Kier alpha value is -2.11. The molecule has 0 atom stereocenters. The Morgan fingerprint density at radius 3 is 2.38 bits per heavy atom. The largest absolute Gasteiger partial charge is 0.412 e. The molecule has 3 aromatic rings. The van der Waals surface area contributed by atoms with Crippen LogP contribution < -0.4 is 4.90 Å². The van der Waals surface area contributed by atoms with Gasteiger partial charge in [-0.3, -0.25) is 0 Å². The number of hydrogen-bond acceptors (Lipinski definition) is 3. The quantitative estimate of drug-likeness (QED) is 0.758. The van der Waals surface area contributed by atoms with E-state index in [1.165, 1.54) is 36.1 Å². The Balaban J connectivity index is 0.00000121. The molecule has 140 valence electrons. The SMILES string of the molecule is Cc1nc(N2CCCCC2)c2[nH]c(C)c(Cc3ccccc3)c2n1.Cl.O. The van der Waals surface area contributed by atoms with Crippen molar-refractivity contribution in [1.82, 2.24) is 15.0 Å². The summed E-state index contributed by atoms with van der Waals surface area (Å²) in [5, 5.41) is 0. The molecule has 1 aromatic carbocycles.